The number of piperazine rings is 1. The first kappa shape index (κ1) is 20.1. The van der Waals surface area contributed by atoms with E-state index >= 15 is 0 Å². The van der Waals surface area contributed by atoms with Crippen LogP contribution in [0.5, 0.6) is 0 Å². The fraction of sp³-hybridized carbons (Fsp3) is 0.259. The van der Waals surface area contributed by atoms with Gasteiger partial charge in [0.05, 0.1) is 17.2 Å². The molecule has 0 aliphatic carbocycles. The highest BCUT2D eigenvalue weighted by Crippen LogP contribution is 2.39. The van der Waals surface area contributed by atoms with Crippen LogP contribution in [0.15, 0.2) is 66.7 Å². The normalized spacial score (nSPS) is 19.6. The molecule has 2 amide bonds. The Balaban J connectivity index is 1.24. The molecule has 0 radical (unpaired) electrons. The molecule has 0 unspecified atom stereocenters. The number of anilines is 1. The number of hydrogen-bond acceptors (Lipinski definition) is 4. The van der Waals surface area contributed by atoms with E-state index in [-0.39, 0.29) is 23.7 Å². The van der Waals surface area contributed by atoms with Gasteiger partial charge in [-0.25, -0.2) is 4.39 Å². The van der Waals surface area contributed by atoms with E-state index in [9.17, 15) is 14.0 Å². The summed E-state index contributed by atoms with van der Waals surface area (Å²) in [6.45, 7) is 3.42. The predicted octanol–water partition coefficient (Wildman–Crippen LogP) is 3.89. The predicted molar refractivity (Wildman–Crippen MR) is 124 cm³/mol. The maximum absolute atomic E-state index is 14.0. The quantitative estimate of drug-likeness (QED) is 0.579. The number of fused-ring (bicyclic) bond motifs is 6. The van der Waals surface area contributed by atoms with Gasteiger partial charge in [0.15, 0.2) is 0 Å². The van der Waals surface area contributed by atoms with Crippen molar-refractivity contribution in [2.24, 2.45) is 0 Å². The molecule has 1 atom stereocenters. The second-order valence-electron chi connectivity index (χ2n) is 8.97. The Kier molecular flexibility index (Phi) is 4.76. The minimum absolute atomic E-state index is 0.142. The van der Waals surface area contributed by atoms with Crippen molar-refractivity contribution in [3.05, 3.63) is 100 Å². The highest BCUT2D eigenvalue weighted by Gasteiger charge is 2.37. The minimum atomic E-state index is -0.204. The lowest BCUT2D eigenvalue weighted by molar-refractivity contribution is 0.0631. The molecule has 1 saturated heterocycles. The number of halogens is 1. The lowest BCUT2D eigenvalue weighted by Gasteiger charge is -2.43. The van der Waals surface area contributed by atoms with Gasteiger partial charge in [-0.3, -0.25) is 19.4 Å². The second kappa shape index (κ2) is 7.81. The van der Waals surface area contributed by atoms with Crippen molar-refractivity contribution in [1.29, 1.82) is 0 Å². The van der Waals surface area contributed by atoms with Crippen LogP contribution in [0.25, 0.3) is 0 Å². The molecule has 3 aliphatic rings. The van der Waals surface area contributed by atoms with E-state index in [0.29, 0.717) is 30.6 Å². The lowest BCUT2D eigenvalue weighted by Crippen LogP contribution is -2.50. The van der Waals surface area contributed by atoms with Crippen LogP contribution in [0.3, 0.4) is 0 Å². The van der Waals surface area contributed by atoms with Gasteiger partial charge < -0.3 is 4.90 Å². The SMILES string of the molecule is O=C1c2ccccc2C(=O)N1CCN1CCN2c3ccc(F)cc3Cc3ccccc3[C@H]2C1. The summed E-state index contributed by atoms with van der Waals surface area (Å²) in [6, 6.07) is 20.7. The average Bonchev–Trinajstić information content (AvgIpc) is 2.99. The molecule has 1 fully saturated rings. The molecule has 3 aromatic rings. The van der Waals surface area contributed by atoms with E-state index < -0.39 is 0 Å². The third kappa shape index (κ3) is 3.33. The Labute approximate surface area is 192 Å². The molecule has 166 valence electrons. The number of hydrogen-bond donors (Lipinski definition) is 0. The first-order valence-corrected chi connectivity index (χ1v) is 11.4. The van der Waals surface area contributed by atoms with Gasteiger partial charge in [0.1, 0.15) is 5.82 Å². The number of benzene rings is 3. The Morgan fingerprint density at radius 2 is 1.55 bits per heavy atom. The van der Waals surface area contributed by atoms with Crippen LogP contribution in [0.2, 0.25) is 0 Å². The van der Waals surface area contributed by atoms with Crippen LogP contribution >= 0.6 is 0 Å². The monoisotopic (exact) mass is 441 g/mol. The van der Waals surface area contributed by atoms with Crippen molar-refractivity contribution in [3.8, 4) is 0 Å². The molecule has 0 bridgehead atoms. The van der Waals surface area contributed by atoms with E-state index in [1.54, 1.807) is 36.4 Å². The molecule has 6 heteroatoms. The van der Waals surface area contributed by atoms with Gasteiger partial charge in [-0.1, -0.05) is 36.4 Å². The van der Waals surface area contributed by atoms with Crippen molar-refractivity contribution >= 4 is 17.5 Å². The summed E-state index contributed by atoms with van der Waals surface area (Å²) < 4.78 is 14.0. The molecular weight excluding hydrogens is 417 g/mol. The topological polar surface area (TPSA) is 43.9 Å². The van der Waals surface area contributed by atoms with Crippen LogP contribution in [0.1, 0.15) is 43.4 Å². The molecule has 33 heavy (non-hydrogen) atoms. The smallest absolute Gasteiger partial charge is 0.261 e. The number of carbonyl (C=O) groups is 2. The summed E-state index contributed by atoms with van der Waals surface area (Å²) in [4.78, 5) is 31.5. The molecule has 5 nitrogen and oxygen atoms in total. The van der Waals surface area contributed by atoms with Gasteiger partial charge in [0, 0.05) is 38.4 Å². The summed E-state index contributed by atoms with van der Waals surface area (Å²) in [5.41, 5.74) is 5.59. The molecule has 0 spiro atoms. The van der Waals surface area contributed by atoms with Gasteiger partial charge in [-0.2, -0.15) is 0 Å². The fourth-order valence-electron chi connectivity index (χ4n) is 5.48. The van der Waals surface area contributed by atoms with E-state index in [1.165, 1.54) is 16.0 Å². The van der Waals surface area contributed by atoms with E-state index in [4.69, 9.17) is 0 Å². The lowest BCUT2D eigenvalue weighted by atomic mass is 9.96. The zero-order valence-corrected chi connectivity index (χ0v) is 18.2. The number of carbonyl (C=O) groups excluding carboxylic acids is 2. The molecule has 6 rings (SSSR count). The maximum atomic E-state index is 14.0. The molecule has 0 aromatic heterocycles. The van der Waals surface area contributed by atoms with Crippen LogP contribution in [0, 0.1) is 5.82 Å². The van der Waals surface area contributed by atoms with Crippen LogP contribution < -0.4 is 4.90 Å². The van der Waals surface area contributed by atoms with Gasteiger partial charge in [0.2, 0.25) is 0 Å². The van der Waals surface area contributed by atoms with Crippen LogP contribution in [-0.4, -0.2) is 54.3 Å². The van der Waals surface area contributed by atoms with E-state index in [2.05, 4.69) is 28.0 Å². The Hall–Kier alpha value is -3.51. The fourth-order valence-corrected chi connectivity index (χ4v) is 5.48. The average molecular weight is 442 g/mol. The van der Waals surface area contributed by atoms with Crippen molar-refractivity contribution in [2.75, 3.05) is 37.6 Å². The number of nitrogens with zero attached hydrogens (tertiary/aromatic N) is 3. The minimum Gasteiger partial charge on any atom is -0.362 e. The zero-order valence-electron chi connectivity index (χ0n) is 18.2. The number of imide groups is 1. The van der Waals surface area contributed by atoms with Gasteiger partial charge in [-0.05, 0) is 53.4 Å². The first-order chi connectivity index (χ1) is 16.1. The maximum Gasteiger partial charge on any atom is 0.261 e. The van der Waals surface area contributed by atoms with Crippen molar-refractivity contribution in [1.82, 2.24) is 9.80 Å². The summed E-state index contributed by atoms with van der Waals surface area (Å²) >= 11 is 0. The first-order valence-electron chi connectivity index (χ1n) is 11.4. The largest absolute Gasteiger partial charge is 0.362 e. The van der Waals surface area contributed by atoms with Gasteiger partial charge in [-0.15, -0.1) is 0 Å². The Morgan fingerprint density at radius 3 is 2.33 bits per heavy atom. The standard InChI is InChI=1S/C27H24FN3O2/c28-20-9-10-24-19(16-20)15-18-5-1-2-6-21(18)25-17-29(11-13-30(24)25)12-14-31-26(32)22-7-3-4-8-23(22)27(31)33/h1-10,16,25H,11-15,17H2/t25-/m1/s1. The summed E-state index contributed by atoms with van der Waals surface area (Å²) in [5, 5.41) is 0. The van der Waals surface area contributed by atoms with Crippen LogP contribution in [-0.2, 0) is 6.42 Å². The third-order valence-electron chi connectivity index (χ3n) is 7.13. The van der Waals surface area contributed by atoms with Gasteiger partial charge in [0.25, 0.3) is 11.8 Å². The Bertz CT molecular complexity index is 1240. The van der Waals surface area contributed by atoms with Crippen molar-refractivity contribution in [3.63, 3.8) is 0 Å². The van der Waals surface area contributed by atoms with E-state index in [0.717, 1.165) is 30.9 Å². The molecule has 0 N–H and O–H groups in total. The summed E-state index contributed by atoms with van der Waals surface area (Å²) in [5.74, 6) is -0.612. The summed E-state index contributed by atoms with van der Waals surface area (Å²) in [6.07, 6.45) is 0.714. The van der Waals surface area contributed by atoms with E-state index in [1.807, 2.05) is 12.1 Å². The highest BCUT2D eigenvalue weighted by atomic mass is 19.1. The van der Waals surface area contributed by atoms with Crippen molar-refractivity contribution < 1.29 is 14.0 Å². The van der Waals surface area contributed by atoms with Gasteiger partial charge >= 0.3 is 0 Å². The summed E-state index contributed by atoms with van der Waals surface area (Å²) in [7, 11) is 0. The molecule has 0 saturated carbocycles. The molecule has 3 aromatic carbocycles. The third-order valence-corrected chi connectivity index (χ3v) is 7.13. The highest BCUT2D eigenvalue weighted by molar-refractivity contribution is 6.21. The number of amides is 2. The second-order valence-corrected chi connectivity index (χ2v) is 8.97. The molecular formula is C27H24FN3O2. The zero-order chi connectivity index (χ0) is 22.5. The van der Waals surface area contributed by atoms with Crippen molar-refractivity contribution in [2.45, 2.75) is 12.5 Å². The Morgan fingerprint density at radius 1 is 0.818 bits per heavy atom. The van der Waals surface area contributed by atoms with Crippen LogP contribution in [0.4, 0.5) is 10.1 Å². The number of rotatable bonds is 3. The molecule has 3 heterocycles. The molecule has 3 aliphatic heterocycles.